The van der Waals surface area contributed by atoms with Gasteiger partial charge in [-0.15, -0.1) is 0 Å². The fourth-order valence-corrected chi connectivity index (χ4v) is 3.51. The topological polar surface area (TPSA) is 63.7 Å². The Bertz CT molecular complexity index is 583. The van der Waals surface area contributed by atoms with Crippen LogP contribution in [0.15, 0.2) is 24.3 Å². The smallest absolute Gasteiger partial charge is 0.257 e. The Balaban J connectivity index is 2.09. The Labute approximate surface area is 119 Å². The first kappa shape index (κ1) is 14.8. The van der Waals surface area contributed by atoms with Gasteiger partial charge in [-0.25, -0.2) is 8.42 Å². The maximum Gasteiger partial charge on any atom is 0.257 e. The van der Waals surface area contributed by atoms with Crippen LogP contribution in [0.3, 0.4) is 0 Å². The summed E-state index contributed by atoms with van der Waals surface area (Å²) < 4.78 is 29.0. The summed E-state index contributed by atoms with van der Waals surface area (Å²) in [5.74, 6) is 0.581. The molecule has 20 heavy (non-hydrogen) atoms. The Kier molecular flexibility index (Phi) is 4.65. The van der Waals surface area contributed by atoms with Crippen LogP contribution in [0.2, 0.25) is 0 Å². The number of hydrogen-bond donors (Lipinski definition) is 0. The van der Waals surface area contributed by atoms with E-state index in [1.807, 2.05) is 13.0 Å². The van der Waals surface area contributed by atoms with E-state index in [4.69, 9.17) is 4.74 Å². The van der Waals surface area contributed by atoms with Gasteiger partial charge in [0.15, 0.2) is 9.84 Å². The Morgan fingerprint density at radius 2 is 2.00 bits per heavy atom. The normalized spacial score (nSPS) is 15.4. The molecule has 1 aliphatic rings. The molecule has 1 aromatic carbocycles. The largest absolute Gasteiger partial charge is 0.491 e. The average molecular weight is 297 g/mol. The number of nitrogens with zero attached hydrogens (tertiary/aromatic N) is 1. The number of carbonyl (C=O) groups excluding carboxylic acids is 1. The monoisotopic (exact) mass is 297 g/mol. The SMILES string of the molecule is CCCS(=O)(=O)CCN1CCOc2ccccc2C1=O. The van der Waals surface area contributed by atoms with Crippen molar-refractivity contribution in [2.75, 3.05) is 31.2 Å². The zero-order valence-electron chi connectivity index (χ0n) is 11.5. The lowest BCUT2D eigenvalue weighted by Crippen LogP contribution is -2.36. The highest BCUT2D eigenvalue weighted by molar-refractivity contribution is 7.91. The molecule has 110 valence electrons. The average Bonchev–Trinajstić information content (AvgIpc) is 2.57. The number of benzene rings is 1. The molecule has 0 bridgehead atoms. The number of carbonyl (C=O) groups is 1. The zero-order valence-corrected chi connectivity index (χ0v) is 12.4. The molecule has 1 heterocycles. The third-order valence-corrected chi connectivity index (χ3v) is 5.05. The highest BCUT2D eigenvalue weighted by atomic mass is 32.2. The first-order chi connectivity index (χ1) is 9.53. The molecule has 2 rings (SSSR count). The quantitative estimate of drug-likeness (QED) is 0.823. The molecular weight excluding hydrogens is 278 g/mol. The molecular formula is C14H19NO4S. The van der Waals surface area contributed by atoms with Crippen molar-refractivity contribution in [3.05, 3.63) is 29.8 Å². The summed E-state index contributed by atoms with van der Waals surface area (Å²) in [5.41, 5.74) is 0.498. The van der Waals surface area contributed by atoms with E-state index in [-0.39, 0.29) is 24.0 Å². The van der Waals surface area contributed by atoms with E-state index in [1.54, 1.807) is 23.1 Å². The van der Waals surface area contributed by atoms with Gasteiger partial charge in [0.1, 0.15) is 12.4 Å². The van der Waals surface area contributed by atoms with E-state index in [9.17, 15) is 13.2 Å². The third kappa shape index (κ3) is 3.50. The standard InChI is InChI=1S/C14H19NO4S/c1-2-10-20(17,18)11-8-15-7-9-19-13-6-4-3-5-12(13)14(15)16/h3-6H,2,7-11H2,1H3. The van der Waals surface area contributed by atoms with Gasteiger partial charge in [0.2, 0.25) is 0 Å². The highest BCUT2D eigenvalue weighted by Gasteiger charge is 2.24. The van der Waals surface area contributed by atoms with E-state index in [0.717, 1.165) is 0 Å². The van der Waals surface area contributed by atoms with Gasteiger partial charge in [0.25, 0.3) is 5.91 Å². The van der Waals surface area contributed by atoms with E-state index < -0.39 is 9.84 Å². The lowest BCUT2D eigenvalue weighted by molar-refractivity contribution is 0.0766. The second kappa shape index (κ2) is 6.26. The van der Waals surface area contributed by atoms with Gasteiger partial charge in [0.05, 0.1) is 17.9 Å². The Hall–Kier alpha value is -1.56. The molecule has 0 atom stereocenters. The van der Waals surface area contributed by atoms with Gasteiger partial charge in [-0.05, 0) is 18.6 Å². The van der Waals surface area contributed by atoms with Gasteiger partial charge < -0.3 is 9.64 Å². The van der Waals surface area contributed by atoms with Crippen molar-refractivity contribution in [1.29, 1.82) is 0 Å². The number of fused-ring (bicyclic) bond motifs is 1. The number of para-hydroxylation sites is 1. The summed E-state index contributed by atoms with van der Waals surface area (Å²) in [6.07, 6.45) is 0.599. The summed E-state index contributed by atoms with van der Waals surface area (Å²) in [7, 11) is -3.08. The van der Waals surface area contributed by atoms with Crippen LogP contribution >= 0.6 is 0 Å². The molecule has 0 spiro atoms. The summed E-state index contributed by atoms with van der Waals surface area (Å²) in [6.45, 7) is 2.85. The van der Waals surface area contributed by atoms with E-state index in [2.05, 4.69) is 0 Å². The fourth-order valence-electron chi connectivity index (χ4n) is 2.18. The molecule has 1 amide bonds. The number of sulfone groups is 1. The first-order valence-electron chi connectivity index (χ1n) is 6.75. The molecule has 0 unspecified atom stereocenters. The highest BCUT2D eigenvalue weighted by Crippen LogP contribution is 2.22. The van der Waals surface area contributed by atoms with Crippen molar-refractivity contribution >= 4 is 15.7 Å². The molecule has 0 aliphatic carbocycles. The van der Waals surface area contributed by atoms with Crippen molar-refractivity contribution in [3.63, 3.8) is 0 Å². The van der Waals surface area contributed by atoms with Crippen molar-refractivity contribution < 1.29 is 17.9 Å². The number of rotatable bonds is 5. The van der Waals surface area contributed by atoms with Crippen LogP contribution in [0, 0.1) is 0 Å². The molecule has 6 heteroatoms. The van der Waals surface area contributed by atoms with Crippen molar-refractivity contribution in [2.24, 2.45) is 0 Å². The van der Waals surface area contributed by atoms with Crippen LogP contribution in [-0.2, 0) is 9.84 Å². The molecule has 5 nitrogen and oxygen atoms in total. The van der Waals surface area contributed by atoms with Crippen LogP contribution in [0.4, 0.5) is 0 Å². The minimum absolute atomic E-state index is 0.00868. The van der Waals surface area contributed by atoms with Gasteiger partial charge in [-0.1, -0.05) is 19.1 Å². The summed E-state index contributed by atoms with van der Waals surface area (Å²) >= 11 is 0. The summed E-state index contributed by atoms with van der Waals surface area (Å²) in [5, 5.41) is 0. The Morgan fingerprint density at radius 1 is 1.25 bits per heavy atom. The maximum absolute atomic E-state index is 12.4. The molecule has 0 fully saturated rings. The number of ether oxygens (including phenoxy) is 1. The molecule has 0 saturated carbocycles. The van der Waals surface area contributed by atoms with Gasteiger partial charge in [-0.3, -0.25) is 4.79 Å². The summed E-state index contributed by atoms with van der Waals surface area (Å²) in [6, 6.07) is 7.05. The molecule has 0 aromatic heterocycles. The minimum atomic E-state index is -3.08. The first-order valence-corrected chi connectivity index (χ1v) is 8.57. The molecule has 0 saturated heterocycles. The van der Waals surface area contributed by atoms with Crippen LogP contribution < -0.4 is 4.74 Å². The lowest BCUT2D eigenvalue weighted by atomic mass is 10.2. The van der Waals surface area contributed by atoms with Crippen molar-refractivity contribution in [3.8, 4) is 5.75 Å². The van der Waals surface area contributed by atoms with Gasteiger partial charge in [0, 0.05) is 12.3 Å². The lowest BCUT2D eigenvalue weighted by Gasteiger charge is -2.19. The predicted octanol–water partition coefficient (Wildman–Crippen LogP) is 1.35. The molecule has 0 radical (unpaired) electrons. The van der Waals surface area contributed by atoms with Gasteiger partial charge in [-0.2, -0.15) is 0 Å². The van der Waals surface area contributed by atoms with Crippen LogP contribution in [0.5, 0.6) is 5.75 Å². The second-order valence-corrected chi connectivity index (χ2v) is 7.09. The molecule has 1 aliphatic heterocycles. The van der Waals surface area contributed by atoms with Crippen LogP contribution in [0.25, 0.3) is 0 Å². The molecule has 1 aromatic rings. The zero-order chi connectivity index (χ0) is 14.6. The van der Waals surface area contributed by atoms with Crippen molar-refractivity contribution in [1.82, 2.24) is 4.90 Å². The van der Waals surface area contributed by atoms with Crippen LogP contribution in [0.1, 0.15) is 23.7 Å². The fraction of sp³-hybridized carbons (Fsp3) is 0.500. The van der Waals surface area contributed by atoms with Crippen molar-refractivity contribution in [2.45, 2.75) is 13.3 Å². The Morgan fingerprint density at radius 3 is 2.75 bits per heavy atom. The minimum Gasteiger partial charge on any atom is -0.491 e. The molecule has 0 N–H and O–H groups in total. The number of amides is 1. The van der Waals surface area contributed by atoms with Gasteiger partial charge >= 0.3 is 0 Å². The predicted molar refractivity (Wildman–Crippen MR) is 76.8 cm³/mol. The second-order valence-electron chi connectivity index (χ2n) is 4.79. The van der Waals surface area contributed by atoms with E-state index >= 15 is 0 Å². The van der Waals surface area contributed by atoms with E-state index in [1.165, 1.54) is 0 Å². The summed E-state index contributed by atoms with van der Waals surface area (Å²) in [4.78, 5) is 13.9. The maximum atomic E-state index is 12.4. The third-order valence-electron chi connectivity index (χ3n) is 3.21. The van der Waals surface area contributed by atoms with E-state index in [0.29, 0.717) is 30.9 Å². The number of hydrogen-bond acceptors (Lipinski definition) is 4. The van der Waals surface area contributed by atoms with Crippen LogP contribution in [-0.4, -0.2) is 50.4 Å².